The van der Waals surface area contributed by atoms with Gasteiger partial charge in [0.15, 0.2) is 0 Å². The maximum absolute atomic E-state index is 14.1. The molecule has 3 N–H and O–H groups in total. The van der Waals surface area contributed by atoms with Crippen LogP contribution in [0.4, 0.5) is 4.79 Å². The largest absolute Gasteiger partial charge is 0.479 e. The molecule has 1 aliphatic carbocycles. The first-order chi connectivity index (χ1) is 22.9. The third-order valence-electron chi connectivity index (χ3n) is 8.64. The van der Waals surface area contributed by atoms with Crippen LogP contribution >= 0.6 is 0 Å². The average molecular weight is 667 g/mol. The Morgan fingerprint density at radius 1 is 1.10 bits per heavy atom. The SMILES string of the molecule is CC(C)(C)OC(=O)NC1CCCCC/C=C/C2CC2(C(=O)O)NC(=O)C2CC(Oc3nccc4ccccc34)CN2C1=O.CCOCC. The topological polar surface area (TPSA) is 156 Å². The lowest BCUT2D eigenvalue weighted by Crippen LogP contribution is -2.56. The Balaban J connectivity index is 0.000000968. The molecule has 2 fully saturated rings. The first-order valence-corrected chi connectivity index (χ1v) is 17.0. The van der Waals surface area contributed by atoms with Crippen molar-refractivity contribution in [2.75, 3.05) is 19.8 Å². The minimum absolute atomic E-state index is 0.0672. The molecular formula is C36H50N4O8. The number of carbonyl (C=O) groups excluding carboxylic acids is 3. The second-order valence-corrected chi connectivity index (χ2v) is 13.4. The summed E-state index contributed by atoms with van der Waals surface area (Å²) in [6.07, 6.45) is 8.06. The summed E-state index contributed by atoms with van der Waals surface area (Å²) in [5.74, 6) is -2.04. The molecule has 1 aromatic carbocycles. The molecule has 2 aliphatic heterocycles. The molecule has 0 bridgehead atoms. The first kappa shape index (κ1) is 36.6. The van der Waals surface area contributed by atoms with Crippen LogP contribution in [0.2, 0.25) is 0 Å². The van der Waals surface area contributed by atoms with E-state index in [0.717, 1.165) is 43.2 Å². The molecule has 3 heterocycles. The molecule has 1 aromatic heterocycles. The number of nitrogens with zero attached hydrogens (tertiary/aromatic N) is 2. The van der Waals surface area contributed by atoms with Crippen molar-refractivity contribution in [1.82, 2.24) is 20.5 Å². The number of ether oxygens (including phenoxy) is 3. The quantitative estimate of drug-likeness (QED) is 0.361. The van der Waals surface area contributed by atoms with Crippen LogP contribution in [0.25, 0.3) is 10.8 Å². The molecule has 48 heavy (non-hydrogen) atoms. The van der Waals surface area contributed by atoms with Crippen LogP contribution in [0.1, 0.15) is 79.6 Å². The van der Waals surface area contributed by atoms with Crippen molar-refractivity contribution in [3.8, 4) is 5.88 Å². The van der Waals surface area contributed by atoms with Gasteiger partial charge in [0.25, 0.3) is 0 Å². The highest BCUT2D eigenvalue weighted by atomic mass is 16.6. The number of allylic oxidation sites excluding steroid dienone is 1. The number of alkyl carbamates (subject to hydrolysis) is 1. The van der Waals surface area contributed by atoms with E-state index in [0.29, 0.717) is 18.7 Å². The lowest BCUT2D eigenvalue weighted by Gasteiger charge is -2.30. The fourth-order valence-electron chi connectivity index (χ4n) is 6.14. The standard InChI is InChI=1S/C32H40N4O7.C4H10O/c1-31(2,3)43-30(41)34-24-14-8-6-4-5-7-12-21-18-32(21,29(39)40)35-26(37)25-17-22(19-36(25)28(24)38)42-27-23-13-10-9-11-20(23)15-16-33-27;1-3-5-4-2/h7,9-13,15-16,21-22,24-25H,4-6,8,14,17-19H2,1-3H3,(H,34,41)(H,35,37)(H,39,40);3-4H2,1-2H3/b12-7+;. The molecule has 0 radical (unpaired) electrons. The summed E-state index contributed by atoms with van der Waals surface area (Å²) in [6.45, 7) is 11.0. The number of amides is 3. The summed E-state index contributed by atoms with van der Waals surface area (Å²) in [5, 5.41) is 17.3. The number of hydrogen-bond donors (Lipinski definition) is 3. The fourth-order valence-corrected chi connectivity index (χ4v) is 6.14. The predicted octanol–water partition coefficient (Wildman–Crippen LogP) is 5.00. The van der Waals surface area contributed by atoms with Crippen LogP contribution in [0.5, 0.6) is 5.88 Å². The van der Waals surface area contributed by atoms with Gasteiger partial charge in [0.2, 0.25) is 17.7 Å². The van der Waals surface area contributed by atoms with E-state index in [4.69, 9.17) is 14.2 Å². The zero-order valence-electron chi connectivity index (χ0n) is 28.7. The number of fused-ring (bicyclic) bond motifs is 3. The van der Waals surface area contributed by atoms with Crippen LogP contribution in [0, 0.1) is 5.92 Å². The number of pyridine rings is 1. The number of aliphatic carboxylic acids is 1. The molecule has 1 saturated carbocycles. The Bertz CT molecular complexity index is 1470. The molecule has 3 amide bonds. The number of carboxylic acid groups (broad SMARTS) is 1. The van der Waals surface area contributed by atoms with Crippen molar-refractivity contribution < 1.29 is 38.5 Å². The van der Waals surface area contributed by atoms with Gasteiger partial charge in [-0.3, -0.25) is 9.59 Å². The molecule has 12 heteroatoms. The monoisotopic (exact) mass is 666 g/mol. The van der Waals surface area contributed by atoms with Gasteiger partial charge in [-0.05, 0) is 77.8 Å². The summed E-state index contributed by atoms with van der Waals surface area (Å²) in [4.78, 5) is 58.8. The summed E-state index contributed by atoms with van der Waals surface area (Å²) < 4.78 is 16.6. The number of rotatable bonds is 6. The van der Waals surface area contributed by atoms with E-state index in [9.17, 15) is 24.3 Å². The van der Waals surface area contributed by atoms with Crippen molar-refractivity contribution in [3.05, 3.63) is 48.7 Å². The van der Waals surface area contributed by atoms with Gasteiger partial charge in [0.05, 0.1) is 6.54 Å². The van der Waals surface area contributed by atoms with Gasteiger partial charge in [0.1, 0.15) is 29.3 Å². The Hall–Kier alpha value is -4.19. The highest BCUT2D eigenvalue weighted by Gasteiger charge is 2.61. The van der Waals surface area contributed by atoms with Gasteiger partial charge < -0.3 is 34.9 Å². The Morgan fingerprint density at radius 3 is 2.54 bits per heavy atom. The summed E-state index contributed by atoms with van der Waals surface area (Å²) >= 11 is 0. The minimum Gasteiger partial charge on any atom is -0.479 e. The molecule has 5 atom stereocenters. The van der Waals surface area contributed by atoms with E-state index >= 15 is 0 Å². The maximum Gasteiger partial charge on any atom is 0.408 e. The summed E-state index contributed by atoms with van der Waals surface area (Å²) in [5.41, 5.74) is -2.17. The number of carbonyl (C=O) groups is 4. The van der Waals surface area contributed by atoms with Gasteiger partial charge >= 0.3 is 12.1 Å². The van der Waals surface area contributed by atoms with Crippen molar-refractivity contribution >= 4 is 34.6 Å². The first-order valence-electron chi connectivity index (χ1n) is 17.0. The van der Waals surface area contributed by atoms with Crippen molar-refractivity contribution in [1.29, 1.82) is 0 Å². The van der Waals surface area contributed by atoms with Gasteiger partial charge in [-0.15, -0.1) is 0 Å². The molecule has 3 aliphatic rings. The van der Waals surface area contributed by atoms with E-state index in [1.165, 1.54) is 4.90 Å². The summed E-state index contributed by atoms with van der Waals surface area (Å²) in [7, 11) is 0. The zero-order valence-corrected chi connectivity index (χ0v) is 28.7. The predicted molar refractivity (Wildman–Crippen MR) is 180 cm³/mol. The summed E-state index contributed by atoms with van der Waals surface area (Å²) in [6, 6.07) is 7.57. The van der Waals surface area contributed by atoms with E-state index in [2.05, 4.69) is 15.6 Å². The van der Waals surface area contributed by atoms with Crippen LogP contribution in [-0.4, -0.2) is 88.0 Å². The Morgan fingerprint density at radius 2 is 1.85 bits per heavy atom. The smallest absolute Gasteiger partial charge is 0.408 e. The average Bonchev–Trinajstić information content (AvgIpc) is 3.57. The molecule has 2 aromatic rings. The highest BCUT2D eigenvalue weighted by molar-refractivity contribution is 5.96. The molecular weight excluding hydrogens is 616 g/mol. The van der Waals surface area contributed by atoms with Crippen LogP contribution in [0.15, 0.2) is 48.7 Å². The minimum atomic E-state index is -1.41. The fraction of sp³-hybridized carbons (Fsp3) is 0.583. The second-order valence-electron chi connectivity index (χ2n) is 13.4. The van der Waals surface area contributed by atoms with Crippen LogP contribution in [0.3, 0.4) is 0 Å². The van der Waals surface area contributed by atoms with Crippen molar-refractivity contribution in [3.63, 3.8) is 0 Å². The normalized spacial score (nSPS) is 26.7. The Kier molecular flexibility index (Phi) is 12.4. The molecule has 0 spiro atoms. The Labute approximate surface area is 282 Å². The maximum atomic E-state index is 14.1. The molecule has 5 rings (SSSR count). The number of benzene rings is 1. The van der Waals surface area contributed by atoms with Gasteiger partial charge in [-0.25, -0.2) is 14.6 Å². The third kappa shape index (κ3) is 9.46. The zero-order chi connectivity index (χ0) is 34.9. The van der Waals surface area contributed by atoms with Gasteiger partial charge in [0, 0.05) is 37.1 Å². The number of nitrogens with one attached hydrogen (secondary N) is 2. The molecule has 1 saturated heterocycles. The van der Waals surface area contributed by atoms with Crippen LogP contribution in [-0.2, 0) is 23.9 Å². The van der Waals surface area contributed by atoms with Crippen LogP contribution < -0.4 is 15.4 Å². The van der Waals surface area contributed by atoms with Crippen molar-refractivity contribution in [2.24, 2.45) is 5.92 Å². The molecule has 12 nitrogen and oxygen atoms in total. The molecule has 262 valence electrons. The van der Waals surface area contributed by atoms with Crippen molar-refractivity contribution in [2.45, 2.75) is 109 Å². The van der Waals surface area contributed by atoms with E-state index in [1.54, 1.807) is 27.0 Å². The number of aromatic nitrogens is 1. The number of carboxylic acids is 1. The highest BCUT2D eigenvalue weighted by Crippen LogP contribution is 2.45. The number of hydrogen-bond acceptors (Lipinski definition) is 8. The third-order valence-corrected chi connectivity index (χ3v) is 8.64. The lowest BCUT2D eigenvalue weighted by atomic mass is 10.0. The van der Waals surface area contributed by atoms with E-state index in [-0.39, 0.29) is 25.3 Å². The van der Waals surface area contributed by atoms with E-state index in [1.807, 2.05) is 56.3 Å². The van der Waals surface area contributed by atoms with E-state index < -0.39 is 53.2 Å². The molecule has 5 unspecified atom stereocenters. The van der Waals surface area contributed by atoms with Gasteiger partial charge in [-0.2, -0.15) is 0 Å². The second kappa shape index (κ2) is 16.3. The van der Waals surface area contributed by atoms with Gasteiger partial charge in [-0.1, -0.05) is 43.2 Å². The lowest BCUT2D eigenvalue weighted by molar-refractivity contribution is -0.145.